The summed E-state index contributed by atoms with van der Waals surface area (Å²) in [5.74, 6) is 1.02. The Labute approximate surface area is 154 Å². The fourth-order valence-corrected chi connectivity index (χ4v) is 3.25. The van der Waals surface area contributed by atoms with Crippen molar-refractivity contribution >= 4 is 16.9 Å². The van der Waals surface area contributed by atoms with Crippen molar-refractivity contribution < 1.29 is 4.79 Å². The Kier molecular flexibility index (Phi) is 5.84. The van der Waals surface area contributed by atoms with E-state index in [1.54, 1.807) is 12.2 Å². The zero-order valence-corrected chi connectivity index (χ0v) is 15.4. The van der Waals surface area contributed by atoms with Crippen LogP contribution in [0.1, 0.15) is 37.7 Å². The van der Waals surface area contributed by atoms with Gasteiger partial charge in [0.15, 0.2) is 0 Å². The van der Waals surface area contributed by atoms with Crippen molar-refractivity contribution in [2.75, 3.05) is 6.54 Å². The predicted molar refractivity (Wildman–Crippen MR) is 106 cm³/mol. The monoisotopic (exact) mass is 347 g/mol. The Hall–Kier alpha value is -2.88. The van der Waals surface area contributed by atoms with Gasteiger partial charge in [-0.2, -0.15) is 0 Å². The van der Waals surface area contributed by atoms with Crippen LogP contribution in [0, 0.1) is 0 Å². The number of aromatic nitrogens is 2. The molecule has 3 rings (SSSR count). The molecule has 1 N–H and O–H groups in total. The molecule has 0 aliphatic rings. The Morgan fingerprint density at radius 3 is 2.65 bits per heavy atom. The third kappa shape index (κ3) is 4.02. The van der Waals surface area contributed by atoms with Gasteiger partial charge in [0.2, 0.25) is 5.91 Å². The highest BCUT2D eigenvalue weighted by molar-refractivity contribution is 5.87. The lowest BCUT2D eigenvalue weighted by Gasteiger charge is -2.18. The SMILES string of the molecule is C/C=C\C(=O)NCCCc1nc2ccccc2n1C(C)c1ccccc1. The van der Waals surface area contributed by atoms with Gasteiger partial charge < -0.3 is 9.88 Å². The molecule has 1 aromatic heterocycles. The van der Waals surface area contributed by atoms with Gasteiger partial charge in [-0.3, -0.25) is 4.79 Å². The van der Waals surface area contributed by atoms with E-state index in [1.165, 1.54) is 5.56 Å². The van der Waals surface area contributed by atoms with E-state index in [0.717, 1.165) is 29.7 Å². The normalized spacial score (nSPS) is 12.5. The molecule has 1 unspecified atom stereocenters. The van der Waals surface area contributed by atoms with Crippen LogP contribution in [0.2, 0.25) is 0 Å². The second kappa shape index (κ2) is 8.48. The van der Waals surface area contributed by atoms with Crippen molar-refractivity contribution in [3.8, 4) is 0 Å². The van der Waals surface area contributed by atoms with Crippen LogP contribution < -0.4 is 5.32 Å². The number of aryl methyl sites for hydroxylation is 1. The average Bonchev–Trinajstić information content (AvgIpc) is 3.04. The predicted octanol–water partition coefficient (Wildman–Crippen LogP) is 4.27. The summed E-state index contributed by atoms with van der Waals surface area (Å²) in [4.78, 5) is 16.4. The van der Waals surface area contributed by atoms with Gasteiger partial charge in [0.05, 0.1) is 17.1 Å². The van der Waals surface area contributed by atoms with Crippen LogP contribution in [0.15, 0.2) is 66.7 Å². The molecule has 0 aliphatic heterocycles. The second-order valence-electron chi connectivity index (χ2n) is 6.37. The van der Waals surface area contributed by atoms with Crippen molar-refractivity contribution in [1.29, 1.82) is 0 Å². The maximum absolute atomic E-state index is 11.5. The number of amides is 1. The van der Waals surface area contributed by atoms with E-state index < -0.39 is 0 Å². The summed E-state index contributed by atoms with van der Waals surface area (Å²) in [5, 5.41) is 2.91. The number of hydrogen-bond acceptors (Lipinski definition) is 2. The number of hydrogen-bond donors (Lipinski definition) is 1. The molecule has 0 saturated heterocycles. The third-order valence-electron chi connectivity index (χ3n) is 4.53. The molecule has 4 heteroatoms. The van der Waals surface area contributed by atoms with E-state index in [0.29, 0.717) is 6.54 Å². The van der Waals surface area contributed by atoms with E-state index >= 15 is 0 Å². The molecule has 0 bridgehead atoms. The summed E-state index contributed by atoms with van der Waals surface area (Å²) in [5.41, 5.74) is 3.43. The van der Waals surface area contributed by atoms with E-state index in [4.69, 9.17) is 4.98 Å². The zero-order valence-electron chi connectivity index (χ0n) is 15.4. The van der Waals surface area contributed by atoms with Crippen molar-refractivity contribution in [2.45, 2.75) is 32.7 Å². The van der Waals surface area contributed by atoms with E-state index in [9.17, 15) is 4.79 Å². The summed E-state index contributed by atoms with van der Waals surface area (Å²) in [6, 6.07) is 18.9. The molecule has 0 fully saturated rings. The van der Waals surface area contributed by atoms with Crippen molar-refractivity contribution in [2.24, 2.45) is 0 Å². The van der Waals surface area contributed by atoms with Gasteiger partial charge in [0.1, 0.15) is 5.82 Å². The molecule has 0 saturated carbocycles. The lowest BCUT2D eigenvalue weighted by atomic mass is 10.1. The van der Waals surface area contributed by atoms with Gasteiger partial charge in [-0.05, 0) is 44.0 Å². The molecule has 134 valence electrons. The van der Waals surface area contributed by atoms with Crippen LogP contribution in [0.5, 0.6) is 0 Å². The smallest absolute Gasteiger partial charge is 0.243 e. The molecule has 4 nitrogen and oxygen atoms in total. The molecule has 0 spiro atoms. The number of imidazole rings is 1. The minimum atomic E-state index is -0.0429. The highest BCUT2D eigenvalue weighted by atomic mass is 16.1. The first-order chi connectivity index (χ1) is 12.7. The molecule has 0 radical (unpaired) electrons. The molecule has 1 amide bonds. The number of carbonyl (C=O) groups is 1. The lowest BCUT2D eigenvalue weighted by molar-refractivity contribution is -0.116. The summed E-state index contributed by atoms with van der Waals surface area (Å²) < 4.78 is 2.32. The molecule has 1 atom stereocenters. The van der Waals surface area contributed by atoms with Gasteiger partial charge in [-0.1, -0.05) is 48.5 Å². The summed E-state index contributed by atoms with van der Waals surface area (Å²) in [6.45, 7) is 4.69. The highest BCUT2D eigenvalue weighted by Gasteiger charge is 2.16. The summed E-state index contributed by atoms with van der Waals surface area (Å²) in [6.07, 6.45) is 4.97. The Bertz CT molecular complexity index is 896. The third-order valence-corrected chi connectivity index (χ3v) is 4.53. The van der Waals surface area contributed by atoms with Crippen molar-refractivity contribution in [3.63, 3.8) is 0 Å². The minimum Gasteiger partial charge on any atom is -0.353 e. The topological polar surface area (TPSA) is 46.9 Å². The molecule has 26 heavy (non-hydrogen) atoms. The fraction of sp³-hybridized carbons (Fsp3) is 0.273. The highest BCUT2D eigenvalue weighted by Crippen LogP contribution is 2.26. The van der Waals surface area contributed by atoms with E-state index in [1.807, 2.05) is 19.1 Å². The average molecular weight is 347 g/mol. The Morgan fingerprint density at radius 2 is 1.88 bits per heavy atom. The van der Waals surface area contributed by atoms with Crippen LogP contribution in [0.3, 0.4) is 0 Å². The molecule has 2 aromatic carbocycles. The number of benzene rings is 2. The second-order valence-corrected chi connectivity index (χ2v) is 6.37. The van der Waals surface area contributed by atoms with Crippen LogP contribution in [-0.2, 0) is 11.2 Å². The number of rotatable bonds is 7. The van der Waals surface area contributed by atoms with Gasteiger partial charge in [-0.15, -0.1) is 0 Å². The Balaban J connectivity index is 1.82. The number of allylic oxidation sites excluding steroid dienone is 1. The fourth-order valence-electron chi connectivity index (χ4n) is 3.25. The van der Waals surface area contributed by atoms with Crippen molar-refractivity contribution in [1.82, 2.24) is 14.9 Å². The largest absolute Gasteiger partial charge is 0.353 e. The minimum absolute atomic E-state index is 0.0429. The Morgan fingerprint density at radius 1 is 1.15 bits per heavy atom. The van der Waals surface area contributed by atoms with Crippen LogP contribution in [-0.4, -0.2) is 22.0 Å². The maximum atomic E-state index is 11.5. The molecular formula is C22H25N3O. The molecule has 3 aromatic rings. The summed E-state index contributed by atoms with van der Waals surface area (Å²) >= 11 is 0. The first-order valence-electron chi connectivity index (χ1n) is 9.12. The quantitative estimate of drug-likeness (QED) is 0.512. The van der Waals surface area contributed by atoms with Crippen LogP contribution >= 0.6 is 0 Å². The van der Waals surface area contributed by atoms with Gasteiger partial charge in [-0.25, -0.2) is 4.98 Å². The number of nitrogens with zero attached hydrogens (tertiary/aromatic N) is 2. The maximum Gasteiger partial charge on any atom is 0.243 e. The lowest BCUT2D eigenvalue weighted by Crippen LogP contribution is -2.23. The first-order valence-corrected chi connectivity index (χ1v) is 9.12. The summed E-state index contributed by atoms with van der Waals surface area (Å²) in [7, 11) is 0. The number of para-hydroxylation sites is 2. The van der Waals surface area contributed by atoms with Gasteiger partial charge in [0.25, 0.3) is 0 Å². The number of nitrogens with one attached hydrogen (secondary N) is 1. The number of fused-ring (bicyclic) bond motifs is 1. The zero-order chi connectivity index (χ0) is 18.4. The molecular weight excluding hydrogens is 322 g/mol. The standard InChI is InChI=1S/C22H25N3O/c1-3-10-22(26)23-16-9-15-21-24-19-13-7-8-14-20(19)25(21)17(2)18-11-5-4-6-12-18/h3-8,10-14,17H,9,15-16H2,1-2H3,(H,23,26)/b10-3-. The molecule has 0 aliphatic carbocycles. The number of carbonyl (C=O) groups excluding carboxylic acids is 1. The van der Waals surface area contributed by atoms with E-state index in [-0.39, 0.29) is 11.9 Å². The van der Waals surface area contributed by atoms with Crippen LogP contribution in [0.4, 0.5) is 0 Å². The first kappa shape index (κ1) is 17.9. The van der Waals surface area contributed by atoms with E-state index in [2.05, 4.69) is 59.3 Å². The van der Waals surface area contributed by atoms with Gasteiger partial charge in [0, 0.05) is 13.0 Å². The van der Waals surface area contributed by atoms with Crippen molar-refractivity contribution in [3.05, 3.63) is 78.1 Å². The van der Waals surface area contributed by atoms with Gasteiger partial charge >= 0.3 is 0 Å². The molecule has 1 heterocycles. The van der Waals surface area contributed by atoms with Crippen LogP contribution in [0.25, 0.3) is 11.0 Å².